The van der Waals surface area contributed by atoms with Crippen molar-refractivity contribution in [1.82, 2.24) is 4.90 Å². The van der Waals surface area contributed by atoms with E-state index in [9.17, 15) is 0 Å². The lowest BCUT2D eigenvalue weighted by atomic mass is 10.0. The van der Waals surface area contributed by atoms with E-state index >= 15 is 0 Å². The Balaban J connectivity index is 0. The van der Waals surface area contributed by atoms with Gasteiger partial charge in [0.05, 0.1) is 0 Å². The van der Waals surface area contributed by atoms with E-state index in [1.54, 1.807) is 0 Å². The molecule has 0 aromatic heterocycles. The van der Waals surface area contributed by atoms with E-state index in [1.807, 2.05) is 12.2 Å². The predicted molar refractivity (Wildman–Crippen MR) is 121 cm³/mol. The molecule has 0 aromatic rings. The van der Waals surface area contributed by atoms with Gasteiger partial charge in [-0.3, -0.25) is 14.0 Å². The van der Waals surface area contributed by atoms with Crippen LogP contribution in [0, 0.1) is 0 Å². The van der Waals surface area contributed by atoms with Crippen molar-refractivity contribution in [3.63, 3.8) is 0 Å². The molecule has 0 spiro atoms. The fraction of sp³-hybridized carbons (Fsp3) is 0.818. The number of unbranched alkanes of at least 4 members (excludes halogenated alkanes) is 13. The summed E-state index contributed by atoms with van der Waals surface area (Å²) in [5.74, 6) is 0. The van der Waals surface area contributed by atoms with E-state index in [1.165, 1.54) is 96.4 Å². The van der Waals surface area contributed by atoms with Gasteiger partial charge in [-0.25, -0.2) is 0 Å². The summed E-state index contributed by atoms with van der Waals surface area (Å²) in [7, 11) is -4.67. The normalized spacial score (nSPS) is 11.1. The molecule has 0 aliphatic rings. The fourth-order valence-electron chi connectivity index (χ4n) is 3.15. The average molecular weight is 420 g/mol. The van der Waals surface area contributed by atoms with Crippen LogP contribution in [0.25, 0.3) is 0 Å². The molecule has 0 aliphatic carbocycles. The quantitative estimate of drug-likeness (QED) is 0.142. The molecule has 0 bridgehead atoms. The van der Waals surface area contributed by atoms with Crippen LogP contribution in [0.1, 0.15) is 96.8 Å². The van der Waals surface area contributed by atoms with E-state index in [2.05, 4.69) is 25.0 Å². The molecule has 2 N–H and O–H groups in total. The van der Waals surface area contributed by atoms with Gasteiger partial charge >= 0.3 is 10.4 Å². The van der Waals surface area contributed by atoms with Crippen LogP contribution in [0.15, 0.2) is 25.3 Å². The summed E-state index contributed by atoms with van der Waals surface area (Å²) >= 11 is 0. The highest BCUT2D eigenvalue weighted by Crippen LogP contribution is 2.13. The lowest BCUT2D eigenvalue weighted by molar-refractivity contribution is 0.324. The molecular formula is C22H45NO4S. The second kappa shape index (κ2) is 22.6. The lowest BCUT2D eigenvalue weighted by Crippen LogP contribution is -2.24. The van der Waals surface area contributed by atoms with Crippen LogP contribution in [-0.2, 0) is 10.4 Å². The van der Waals surface area contributed by atoms with E-state index in [0.717, 1.165) is 13.1 Å². The first-order valence-corrected chi connectivity index (χ1v) is 12.4. The number of nitrogens with zero attached hydrogens (tertiary/aromatic N) is 1. The van der Waals surface area contributed by atoms with E-state index < -0.39 is 10.4 Å². The van der Waals surface area contributed by atoms with Crippen molar-refractivity contribution in [3.05, 3.63) is 25.3 Å². The monoisotopic (exact) mass is 419 g/mol. The van der Waals surface area contributed by atoms with Crippen LogP contribution < -0.4 is 0 Å². The molecule has 6 heteroatoms. The first kappa shape index (κ1) is 29.5. The molecule has 0 heterocycles. The third-order valence-corrected chi connectivity index (χ3v) is 4.60. The SMILES string of the molecule is C=CCN(CC=C)CCCCCCCCCCCCCCCC.O=S(=O)(O)O. The molecule has 168 valence electrons. The predicted octanol–water partition coefficient (Wildman–Crippen LogP) is 6.49. The van der Waals surface area contributed by atoms with Crippen molar-refractivity contribution in [2.24, 2.45) is 0 Å². The first-order valence-electron chi connectivity index (χ1n) is 11.0. The Hall–Kier alpha value is -0.690. The van der Waals surface area contributed by atoms with Crippen molar-refractivity contribution in [3.8, 4) is 0 Å². The maximum atomic E-state index is 8.74. The van der Waals surface area contributed by atoms with Gasteiger partial charge in [-0.05, 0) is 13.0 Å². The Bertz CT molecular complexity index is 420. The molecule has 0 amide bonds. The first-order chi connectivity index (χ1) is 13.3. The highest BCUT2D eigenvalue weighted by molar-refractivity contribution is 7.79. The van der Waals surface area contributed by atoms with Crippen LogP contribution in [-0.4, -0.2) is 42.1 Å². The summed E-state index contributed by atoms with van der Waals surface area (Å²) in [6.07, 6.45) is 24.0. The van der Waals surface area contributed by atoms with Crippen molar-refractivity contribution in [2.45, 2.75) is 96.8 Å². The fourth-order valence-corrected chi connectivity index (χ4v) is 3.15. The topological polar surface area (TPSA) is 77.8 Å². The number of hydrogen-bond donors (Lipinski definition) is 2. The Labute approximate surface area is 174 Å². The van der Waals surface area contributed by atoms with Crippen molar-refractivity contribution in [1.29, 1.82) is 0 Å². The van der Waals surface area contributed by atoms with Crippen LogP contribution >= 0.6 is 0 Å². The minimum absolute atomic E-state index is 0.991. The van der Waals surface area contributed by atoms with Crippen molar-refractivity contribution >= 4 is 10.4 Å². The van der Waals surface area contributed by atoms with Gasteiger partial charge in [-0.15, -0.1) is 13.2 Å². The third-order valence-electron chi connectivity index (χ3n) is 4.60. The molecule has 0 radical (unpaired) electrons. The molecule has 0 fully saturated rings. The number of hydrogen-bond acceptors (Lipinski definition) is 3. The smallest absolute Gasteiger partial charge is 0.296 e. The summed E-state index contributed by atoms with van der Waals surface area (Å²) < 4.78 is 31.6. The summed E-state index contributed by atoms with van der Waals surface area (Å²) in [5, 5.41) is 0. The minimum Gasteiger partial charge on any atom is -0.296 e. The van der Waals surface area contributed by atoms with Gasteiger partial charge in [-0.2, -0.15) is 8.42 Å². The average Bonchev–Trinajstić information content (AvgIpc) is 2.61. The highest BCUT2D eigenvalue weighted by Gasteiger charge is 2.00. The van der Waals surface area contributed by atoms with Crippen molar-refractivity contribution < 1.29 is 17.5 Å². The Morgan fingerprint density at radius 2 is 0.964 bits per heavy atom. The summed E-state index contributed by atoms with van der Waals surface area (Å²) in [4.78, 5) is 2.42. The van der Waals surface area contributed by atoms with Crippen LogP contribution in [0.2, 0.25) is 0 Å². The van der Waals surface area contributed by atoms with Crippen LogP contribution in [0.5, 0.6) is 0 Å². The van der Waals surface area contributed by atoms with Gasteiger partial charge in [0, 0.05) is 13.1 Å². The minimum atomic E-state index is -4.67. The molecule has 0 aliphatic heterocycles. The van der Waals surface area contributed by atoms with Gasteiger partial charge in [0.15, 0.2) is 0 Å². The molecular weight excluding hydrogens is 374 g/mol. The van der Waals surface area contributed by atoms with Gasteiger partial charge in [-0.1, -0.05) is 103 Å². The Morgan fingerprint density at radius 3 is 1.25 bits per heavy atom. The van der Waals surface area contributed by atoms with Crippen LogP contribution in [0.3, 0.4) is 0 Å². The van der Waals surface area contributed by atoms with Gasteiger partial charge in [0.1, 0.15) is 0 Å². The number of rotatable bonds is 19. The van der Waals surface area contributed by atoms with Gasteiger partial charge in [0.25, 0.3) is 0 Å². The molecule has 0 unspecified atom stereocenters. The molecule has 0 atom stereocenters. The molecule has 0 saturated carbocycles. The molecule has 5 nitrogen and oxygen atoms in total. The Morgan fingerprint density at radius 1 is 0.679 bits per heavy atom. The maximum Gasteiger partial charge on any atom is 0.394 e. The largest absolute Gasteiger partial charge is 0.394 e. The maximum absolute atomic E-state index is 8.74. The summed E-state index contributed by atoms with van der Waals surface area (Å²) in [6, 6.07) is 0. The van der Waals surface area contributed by atoms with Crippen LogP contribution in [0.4, 0.5) is 0 Å². The Kier molecular flexibility index (Phi) is 23.8. The zero-order valence-corrected chi connectivity index (χ0v) is 19.0. The standard InChI is InChI=1S/C22H43N.H2O4S/c1-4-7-8-9-10-11-12-13-14-15-16-17-18-19-22-23(20-5-2)21-6-3;1-5(2,3)4/h5-6H,2-4,7-22H2,1H3;(H2,1,2,3,4). The third kappa shape index (κ3) is 32.9. The summed E-state index contributed by atoms with van der Waals surface area (Å²) in [5.41, 5.74) is 0. The van der Waals surface area contributed by atoms with E-state index in [0.29, 0.717) is 0 Å². The van der Waals surface area contributed by atoms with E-state index in [-0.39, 0.29) is 0 Å². The summed E-state index contributed by atoms with van der Waals surface area (Å²) in [6.45, 7) is 13.1. The zero-order chi connectivity index (χ0) is 21.5. The van der Waals surface area contributed by atoms with Gasteiger partial charge < -0.3 is 0 Å². The molecule has 0 saturated heterocycles. The lowest BCUT2D eigenvalue weighted by Gasteiger charge is -2.18. The molecule has 28 heavy (non-hydrogen) atoms. The highest BCUT2D eigenvalue weighted by atomic mass is 32.3. The van der Waals surface area contributed by atoms with Crippen molar-refractivity contribution in [2.75, 3.05) is 19.6 Å². The van der Waals surface area contributed by atoms with E-state index in [4.69, 9.17) is 17.5 Å². The second-order valence-electron chi connectivity index (χ2n) is 7.38. The molecule has 0 aromatic carbocycles. The second-order valence-corrected chi connectivity index (χ2v) is 8.28. The van der Waals surface area contributed by atoms with Gasteiger partial charge in [0.2, 0.25) is 0 Å². The molecule has 0 rings (SSSR count). The zero-order valence-electron chi connectivity index (χ0n) is 18.2.